The maximum atomic E-state index is 12.8. The largest absolute Gasteiger partial charge is 0.416 e. The van der Waals surface area contributed by atoms with Gasteiger partial charge >= 0.3 is 6.18 Å². The summed E-state index contributed by atoms with van der Waals surface area (Å²) in [4.78, 5) is 26.4. The molecule has 27 heavy (non-hydrogen) atoms. The number of rotatable bonds is 8. The molecule has 1 saturated heterocycles. The molecule has 0 aliphatic carbocycles. The Labute approximate surface area is 161 Å². The molecule has 1 aromatic carbocycles. The molecule has 2 N–H and O–H groups in total. The molecule has 1 fully saturated rings. The van der Waals surface area contributed by atoms with Crippen LogP contribution in [0.5, 0.6) is 0 Å². The van der Waals surface area contributed by atoms with Crippen molar-refractivity contribution in [2.45, 2.75) is 36.9 Å². The first-order valence-corrected chi connectivity index (χ1v) is 9.81. The van der Waals surface area contributed by atoms with E-state index in [1.807, 2.05) is 0 Å². The van der Waals surface area contributed by atoms with Crippen LogP contribution < -0.4 is 10.6 Å². The molecule has 0 bridgehead atoms. The molecule has 0 spiro atoms. The van der Waals surface area contributed by atoms with Crippen LogP contribution in [0.2, 0.25) is 0 Å². The maximum absolute atomic E-state index is 12.8. The van der Waals surface area contributed by atoms with Crippen LogP contribution in [0.1, 0.15) is 25.3 Å². The van der Waals surface area contributed by atoms with Gasteiger partial charge in [-0.1, -0.05) is 6.07 Å². The lowest BCUT2D eigenvalue weighted by Gasteiger charge is -2.19. The fraction of sp³-hybridized carbons (Fsp3) is 0.556. The van der Waals surface area contributed by atoms with Crippen LogP contribution in [0.15, 0.2) is 29.2 Å². The lowest BCUT2D eigenvalue weighted by molar-refractivity contribution is -0.137. The summed E-state index contributed by atoms with van der Waals surface area (Å²) in [6.07, 6.45) is -2.09. The molecule has 1 aromatic rings. The molecule has 9 heteroatoms. The Morgan fingerprint density at radius 3 is 2.59 bits per heavy atom. The van der Waals surface area contributed by atoms with Crippen molar-refractivity contribution in [1.29, 1.82) is 0 Å². The van der Waals surface area contributed by atoms with E-state index in [2.05, 4.69) is 15.5 Å². The highest BCUT2D eigenvalue weighted by Gasteiger charge is 2.30. The predicted octanol–water partition coefficient (Wildman–Crippen LogP) is 2.51. The minimum Gasteiger partial charge on any atom is -0.353 e. The molecule has 1 heterocycles. The van der Waals surface area contributed by atoms with E-state index in [1.165, 1.54) is 13.0 Å². The van der Waals surface area contributed by atoms with Crippen LogP contribution in [0, 0.1) is 0 Å². The fourth-order valence-electron chi connectivity index (χ4n) is 2.84. The maximum Gasteiger partial charge on any atom is 0.416 e. The number of hydrogen-bond acceptors (Lipinski definition) is 4. The summed E-state index contributed by atoms with van der Waals surface area (Å²) in [6, 6.07) is 4.12. The number of nitrogens with one attached hydrogen (secondary N) is 2. The molecular formula is C18H24F3N3O2S. The quantitative estimate of drug-likeness (QED) is 0.655. The zero-order valence-corrected chi connectivity index (χ0v) is 16.0. The first-order chi connectivity index (χ1) is 12.8. The third kappa shape index (κ3) is 7.42. The van der Waals surface area contributed by atoms with E-state index in [0.29, 0.717) is 11.4 Å². The van der Waals surface area contributed by atoms with E-state index < -0.39 is 17.8 Å². The predicted molar refractivity (Wildman–Crippen MR) is 98.5 cm³/mol. The van der Waals surface area contributed by atoms with Crippen LogP contribution in [0.3, 0.4) is 0 Å². The van der Waals surface area contributed by atoms with E-state index in [1.54, 1.807) is 6.07 Å². The van der Waals surface area contributed by atoms with Crippen molar-refractivity contribution in [2.24, 2.45) is 0 Å². The molecule has 0 aromatic heterocycles. The Morgan fingerprint density at radius 2 is 1.96 bits per heavy atom. The number of likely N-dealkylation sites (tertiary alicyclic amines) is 1. The number of carbonyl (C=O) groups excluding carboxylic acids is 2. The number of halogens is 3. The van der Waals surface area contributed by atoms with E-state index >= 15 is 0 Å². The van der Waals surface area contributed by atoms with Crippen LogP contribution in [0.4, 0.5) is 13.2 Å². The second kappa shape index (κ2) is 9.98. The van der Waals surface area contributed by atoms with Crippen molar-refractivity contribution >= 4 is 23.6 Å². The topological polar surface area (TPSA) is 61.4 Å². The molecule has 1 aliphatic heterocycles. The minimum absolute atomic E-state index is 0.149. The molecule has 0 radical (unpaired) electrons. The molecule has 5 nitrogen and oxygen atoms in total. The van der Waals surface area contributed by atoms with Gasteiger partial charge in [0, 0.05) is 30.7 Å². The van der Waals surface area contributed by atoms with Crippen LogP contribution in [-0.4, -0.2) is 54.7 Å². The molecule has 0 saturated carbocycles. The van der Waals surface area contributed by atoms with Crippen LogP contribution in [0.25, 0.3) is 0 Å². The molecule has 1 atom stereocenters. The van der Waals surface area contributed by atoms with Gasteiger partial charge in [0.15, 0.2) is 0 Å². The summed E-state index contributed by atoms with van der Waals surface area (Å²) >= 11 is 1.10. The molecule has 1 aliphatic rings. The Balaban J connectivity index is 1.89. The fourth-order valence-corrected chi connectivity index (χ4v) is 3.82. The van der Waals surface area contributed by atoms with E-state index in [4.69, 9.17) is 0 Å². The van der Waals surface area contributed by atoms with E-state index in [-0.39, 0.29) is 17.6 Å². The summed E-state index contributed by atoms with van der Waals surface area (Å²) in [5.74, 6) is -0.542. The van der Waals surface area contributed by atoms with Gasteiger partial charge in [-0.25, -0.2) is 0 Å². The highest BCUT2D eigenvalue weighted by Crippen LogP contribution is 2.32. The van der Waals surface area contributed by atoms with Gasteiger partial charge in [0.05, 0.1) is 5.56 Å². The van der Waals surface area contributed by atoms with Gasteiger partial charge in [-0.2, -0.15) is 13.2 Å². The Bertz CT molecular complexity index is 649. The SMILES string of the molecule is CC(=O)NC(CSc1cccc(C(F)(F)F)c1)C(=O)NCCN1CCCC1. The second-order valence-electron chi connectivity index (χ2n) is 6.43. The lowest BCUT2D eigenvalue weighted by atomic mass is 10.2. The van der Waals surface area contributed by atoms with Crippen molar-refractivity contribution in [2.75, 3.05) is 31.9 Å². The van der Waals surface area contributed by atoms with Crippen LogP contribution >= 0.6 is 11.8 Å². The Morgan fingerprint density at radius 1 is 1.26 bits per heavy atom. The highest BCUT2D eigenvalue weighted by molar-refractivity contribution is 7.99. The van der Waals surface area contributed by atoms with Gasteiger partial charge in [-0.05, 0) is 44.1 Å². The van der Waals surface area contributed by atoms with E-state index in [0.717, 1.165) is 56.4 Å². The molecule has 2 amide bonds. The second-order valence-corrected chi connectivity index (χ2v) is 7.52. The van der Waals surface area contributed by atoms with Crippen molar-refractivity contribution in [3.8, 4) is 0 Å². The van der Waals surface area contributed by atoms with Crippen LogP contribution in [-0.2, 0) is 15.8 Å². The average molecular weight is 403 g/mol. The molecule has 1 unspecified atom stereocenters. The first kappa shape index (κ1) is 21.6. The smallest absolute Gasteiger partial charge is 0.353 e. The monoisotopic (exact) mass is 403 g/mol. The number of thioether (sulfide) groups is 1. The number of benzene rings is 1. The molecule has 150 valence electrons. The zero-order valence-electron chi connectivity index (χ0n) is 15.1. The van der Waals surface area contributed by atoms with Gasteiger partial charge in [-0.15, -0.1) is 11.8 Å². The lowest BCUT2D eigenvalue weighted by Crippen LogP contribution is -2.49. The summed E-state index contributed by atoms with van der Waals surface area (Å²) < 4.78 is 38.4. The Kier molecular flexibility index (Phi) is 7.97. The number of nitrogens with zero attached hydrogens (tertiary/aromatic N) is 1. The zero-order chi connectivity index (χ0) is 19.9. The number of carbonyl (C=O) groups is 2. The number of hydrogen-bond donors (Lipinski definition) is 2. The standard InChI is InChI=1S/C18H24F3N3O2S/c1-13(25)23-16(17(26)22-7-10-24-8-2-3-9-24)12-27-15-6-4-5-14(11-15)18(19,20)21/h4-6,11,16H,2-3,7-10,12H2,1H3,(H,22,26)(H,23,25). The van der Waals surface area contributed by atoms with Crippen molar-refractivity contribution in [1.82, 2.24) is 15.5 Å². The first-order valence-electron chi connectivity index (χ1n) is 8.83. The molecule has 2 rings (SSSR count). The average Bonchev–Trinajstić information content (AvgIpc) is 3.11. The van der Waals surface area contributed by atoms with Gasteiger partial charge < -0.3 is 15.5 Å². The van der Waals surface area contributed by atoms with Gasteiger partial charge in [0.1, 0.15) is 6.04 Å². The van der Waals surface area contributed by atoms with Gasteiger partial charge in [-0.3, -0.25) is 9.59 Å². The van der Waals surface area contributed by atoms with Gasteiger partial charge in [0.25, 0.3) is 0 Å². The van der Waals surface area contributed by atoms with Crippen molar-refractivity contribution in [3.63, 3.8) is 0 Å². The van der Waals surface area contributed by atoms with E-state index in [9.17, 15) is 22.8 Å². The van der Waals surface area contributed by atoms with Crippen molar-refractivity contribution < 1.29 is 22.8 Å². The highest BCUT2D eigenvalue weighted by atomic mass is 32.2. The third-order valence-corrected chi connectivity index (χ3v) is 5.29. The Hall–Kier alpha value is -1.74. The van der Waals surface area contributed by atoms with Crippen molar-refractivity contribution in [3.05, 3.63) is 29.8 Å². The van der Waals surface area contributed by atoms with Gasteiger partial charge in [0.2, 0.25) is 11.8 Å². The summed E-state index contributed by atoms with van der Waals surface area (Å²) in [5.41, 5.74) is -0.737. The minimum atomic E-state index is -4.42. The summed E-state index contributed by atoms with van der Waals surface area (Å²) in [5, 5.41) is 5.36. The third-order valence-electron chi connectivity index (χ3n) is 4.20. The molecular weight excluding hydrogens is 379 g/mol. The number of alkyl halides is 3. The summed E-state index contributed by atoms with van der Waals surface area (Å²) in [6.45, 7) is 4.58. The number of amides is 2. The normalized spacial score (nSPS) is 16.1. The summed E-state index contributed by atoms with van der Waals surface area (Å²) in [7, 11) is 0.